The average molecular weight is 273 g/mol. The molecule has 20 heavy (non-hydrogen) atoms. The van der Waals surface area contributed by atoms with Gasteiger partial charge < -0.3 is 15.6 Å². The van der Waals surface area contributed by atoms with Crippen molar-refractivity contribution in [1.29, 1.82) is 0 Å². The van der Waals surface area contributed by atoms with E-state index in [1.54, 1.807) is 6.07 Å². The second-order valence-corrected chi connectivity index (χ2v) is 4.96. The SMILES string of the molecule is Cc1c(N)nc(C(C)C)nc1Oc1cccc(CO)c1. The van der Waals surface area contributed by atoms with Gasteiger partial charge in [-0.3, -0.25) is 0 Å². The fourth-order valence-corrected chi connectivity index (χ4v) is 1.71. The van der Waals surface area contributed by atoms with Crippen molar-refractivity contribution in [1.82, 2.24) is 9.97 Å². The summed E-state index contributed by atoms with van der Waals surface area (Å²) >= 11 is 0. The molecule has 1 aromatic carbocycles. The molecule has 0 spiro atoms. The molecule has 5 nitrogen and oxygen atoms in total. The van der Waals surface area contributed by atoms with Crippen molar-refractivity contribution < 1.29 is 9.84 Å². The summed E-state index contributed by atoms with van der Waals surface area (Å²) in [5.74, 6) is 2.33. The normalized spacial score (nSPS) is 10.8. The van der Waals surface area contributed by atoms with Gasteiger partial charge in [0, 0.05) is 5.92 Å². The quantitative estimate of drug-likeness (QED) is 0.895. The predicted molar refractivity (Wildman–Crippen MR) is 77.7 cm³/mol. The minimum absolute atomic E-state index is 0.0284. The Morgan fingerprint density at radius 3 is 2.70 bits per heavy atom. The van der Waals surface area contributed by atoms with Crippen LogP contribution in [0.4, 0.5) is 5.82 Å². The number of hydrogen-bond donors (Lipinski definition) is 2. The van der Waals surface area contributed by atoms with Crippen LogP contribution in [0, 0.1) is 6.92 Å². The zero-order chi connectivity index (χ0) is 14.7. The van der Waals surface area contributed by atoms with Gasteiger partial charge in [0.05, 0.1) is 12.2 Å². The molecule has 0 aliphatic carbocycles. The number of aromatic nitrogens is 2. The Bertz CT molecular complexity index is 612. The van der Waals surface area contributed by atoms with E-state index in [-0.39, 0.29) is 12.5 Å². The molecular weight excluding hydrogens is 254 g/mol. The summed E-state index contributed by atoms with van der Waals surface area (Å²) in [6.45, 7) is 5.80. The number of rotatable bonds is 4. The van der Waals surface area contributed by atoms with Crippen LogP contribution in [-0.2, 0) is 6.61 Å². The molecule has 0 unspecified atom stereocenters. The molecular formula is C15H19N3O2. The highest BCUT2D eigenvalue weighted by atomic mass is 16.5. The summed E-state index contributed by atoms with van der Waals surface area (Å²) in [5, 5.41) is 9.14. The van der Waals surface area contributed by atoms with E-state index in [1.165, 1.54) is 0 Å². The van der Waals surface area contributed by atoms with Gasteiger partial charge in [0.1, 0.15) is 17.4 Å². The number of aliphatic hydroxyl groups is 1. The van der Waals surface area contributed by atoms with Crippen LogP contribution < -0.4 is 10.5 Å². The number of ether oxygens (including phenoxy) is 1. The molecule has 0 saturated heterocycles. The summed E-state index contributed by atoms with van der Waals surface area (Å²) in [7, 11) is 0. The fourth-order valence-electron chi connectivity index (χ4n) is 1.71. The number of nitrogen functional groups attached to an aromatic ring is 1. The first-order chi connectivity index (χ1) is 9.51. The van der Waals surface area contributed by atoms with E-state index in [1.807, 2.05) is 39.0 Å². The Kier molecular flexibility index (Phi) is 4.20. The van der Waals surface area contributed by atoms with E-state index in [4.69, 9.17) is 15.6 Å². The van der Waals surface area contributed by atoms with Crippen LogP contribution in [0.1, 0.15) is 36.7 Å². The van der Waals surface area contributed by atoms with Crippen molar-refractivity contribution >= 4 is 5.82 Å². The molecule has 106 valence electrons. The van der Waals surface area contributed by atoms with Crippen LogP contribution >= 0.6 is 0 Å². The number of aliphatic hydroxyl groups excluding tert-OH is 1. The van der Waals surface area contributed by atoms with Crippen LogP contribution in [0.25, 0.3) is 0 Å². The maximum Gasteiger partial charge on any atom is 0.227 e. The lowest BCUT2D eigenvalue weighted by Gasteiger charge is -2.13. The van der Waals surface area contributed by atoms with Gasteiger partial charge >= 0.3 is 0 Å². The zero-order valence-electron chi connectivity index (χ0n) is 11.9. The molecule has 0 aliphatic heterocycles. The Balaban J connectivity index is 2.37. The van der Waals surface area contributed by atoms with E-state index in [0.29, 0.717) is 28.8 Å². The maximum atomic E-state index is 9.14. The molecule has 0 radical (unpaired) electrons. The first kappa shape index (κ1) is 14.3. The van der Waals surface area contributed by atoms with E-state index in [0.717, 1.165) is 5.56 Å². The molecule has 0 fully saturated rings. The summed E-state index contributed by atoms with van der Waals surface area (Å²) in [4.78, 5) is 8.66. The molecule has 0 atom stereocenters. The van der Waals surface area contributed by atoms with Crippen LogP contribution in [0.15, 0.2) is 24.3 Å². The molecule has 2 aromatic rings. The second-order valence-electron chi connectivity index (χ2n) is 4.96. The van der Waals surface area contributed by atoms with Crippen LogP contribution in [0.5, 0.6) is 11.6 Å². The van der Waals surface area contributed by atoms with Crippen molar-refractivity contribution in [2.75, 3.05) is 5.73 Å². The number of benzene rings is 1. The molecule has 2 rings (SSSR count). The average Bonchev–Trinajstić information content (AvgIpc) is 2.43. The lowest BCUT2D eigenvalue weighted by molar-refractivity contribution is 0.281. The van der Waals surface area contributed by atoms with Gasteiger partial charge in [-0.2, -0.15) is 4.98 Å². The van der Waals surface area contributed by atoms with Gasteiger partial charge in [-0.05, 0) is 24.6 Å². The van der Waals surface area contributed by atoms with Crippen molar-refractivity contribution in [2.45, 2.75) is 33.3 Å². The molecule has 5 heteroatoms. The lowest BCUT2D eigenvalue weighted by atomic mass is 10.2. The molecule has 1 heterocycles. The highest BCUT2D eigenvalue weighted by Gasteiger charge is 2.13. The lowest BCUT2D eigenvalue weighted by Crippen LogP contribution is -2.06. The van der Waals surface area contributed by atoms with Crippen molar-refractivity contribution in [3.63, 3.8) is 0 Å². The van der Waals surface area contributed by atoms with Crippen LogP contribution in [0.3, 0.4) is 0 Å². The van der Waals surface area contributed by atoms with E-state index < -0.39 is 0 Å². The van der Waals surface area contributed by atoms with E-state index in [2.05, 4.69) is 9.97 Å². The maximum absolute atomic E-state index is 9.14. The number of nitrogens with zero attached hydrogens (tertiary/aromatic N) is 2. The Labute approximate surface area is 118 Å². The first-order valence-corrected chi connectivity index (χ1v) is 6.53. The molecule has 1 aromatic heterocycles. The minimum Gasteiger partial charge on any atom is -0.439 e. The molecule has 0 bridgehead atoms. The van der Waals surface area contributed by atoms with Gasteiger partial charge in [-0.1, -0.05) is 26.0 Å². The summed E-state index contributed by atoms with van der Waals surface area (Å²) in [6.07, 6.45) is 0. The highest BCUT2D eigenvalue weighted by Crippen LogP contribution is 2.27. The van der Waals surface area contributed by atoms with E-state index in [9.17, 15) is 0 Å². The molecule has 0 aliphatic rings. The van der Waals surface area contributed by atoms with Gasteiger partial charge in [0.25, 0.3) is 0 Å². The van der Waals surface area contributed by atoms with Gasteiger partial charge in [-0.25, -0.2) is 4.98 Å². The number of nitrogens with two attached hydrogens (primary N) is 1. The minimum atomic E-state index is -0.0284. The van der Waals surface area contributed by atoms with Crippen molar-refractivity contribution in [3.05, 3.63) is 41.2 Å². The largest absolute Gasteiger partial charge is 0.439 e. The standard InChI is InChI=1S/C15H19N3O2/c1-9(2)14-17-13(16)10(3)15(18-14)20-12-6-4-5-11(7-12)8-19/h4-7,9,19H,8H2,1-3H3,(H2,16,17,18). The number of hydrogen-bond acceptors (Lipinski definition) is 5. The van der Waals surface area contributed by atoms with Crippen LogP contribution in [0.2, 0.25) is 0 Å². The summed E-state index contributed by atoms with van der Waals surface area (Å²) in [5.41, 5.74) is 7.39. The molecule has 3 N–H and O–H groups in total. The third kappa shape index (κ3) is 3.05. The fraction of sp³-hybridized carbons (Fsp3) is 0.333. The Morgan fingerprint density at radius 1 is 1.30 bits per heavy atom. The summed E-state index contributed by atoms with van der Waals surface area (Å²) < 4.78 is 5.78. The monoisotopic (exact) mass is 273 g/mol. The molecule has 0 amide bonds. The smallest absolute Gasteiger partial charge is 0.227 e. The van der Waals surface area contributed by atoms with Gasteiger partial charge in [0.2, 0.25) is 5.88 Å². The number of anilines is 1. The third-order valence-corrected chi connectivity index (χ3v) is 2.97. The topological polar surface area (TPSA) is 81.3 Å². The second kappa shape index (κ2) is 5.88. The van der Waals surface area contributed by atoms with Crippen LogP contribution in [-0.4, -0.2) is 15.1 Å². The van der Waals surface area contributed by atoms with Crippen molar-refractivity contribution in [2.24, 2.45) is 0 Å². The third-order valence-electron chi connectivity index (χ3n) is 2.97. The van der Waals surface area contributed by atoms with Crippen molar-refractivity contribution in [3.8, 4) is 11.6 Å². The predicted octanol–water partition coefficient (Wildman–Crippen LogP) is 2.78. The van der Waals surface area contributed by atoms with Gasteiger partial charge in [0.15, 0.2) is 0 Å². The Morgan fingerprint density at radius 2 is 2.05 bits per heavy atom. The zero-order valence-corrected chi connectivity index (χ0v) is 11.9. The first-order valence-electron chi connectivity index (χ1n) is 6.53. The van der Waals surface area contributed by atoms with E-state index >= 15 is 0 Å². The summed E-state index contributed by atoms with van der Waals surface area (Å²) in [6, 6.07) is 7.23. The highest BCUT2D eigenvalue weighted by molar-refractivity contribution is 5.46. The Hall–Kier alpha value is -2.14. The van der Waals surface area contributed by atoms with Gasteiger partial charge in [-0.15, -0.1) is 0 Å². The molecule has 0 saturated carbocycles.